The number of hydrogen-bond acceptors (Lipinski definition) is 8. The van der Waals surface area contributed by atoms with Gasteiger partial charge in [0.05, 0.1) is 11.6 Å². The molecule has 0 aliphatic heterocycles. The van der Waals surface area contributed by atoms with Crippen molar-refractivity contribution in [3.05, 3.63) is 34.7 Å². The van der Waals surface area contributed by atoms with Crippen molar-refractivity contribution in [2.45, 2.75) is 138 Å². The normalized spacial score (nSPS) is 39.0. The summed E-state index contributed by atoms with van der Waals surface area (Å²) in [6.45, 7) is 21.2. The highest BCUT2D eigenvalue weighted by Crippen LogP contribution is 2.75. The van der Waals surface area contributed by atoms with Crippen molar-refractivity contribution >= 4 is 11.9 Å². The minimum absolute atomic E-state index is 0.0309. The summed E-state index contributed by atoms with van der Waals surface area (Å²) in [5.74, 6) is 1.33. The zero-order valence-electron chi connectivity index (χ0n) is 30.1. The van der Waals surface area contributed by atoms with Crippen LogP contribution in [-0.2, 0) is 21.5 Å². The molecule has 1 aromatic rings. The molecule has 1 amide bonds. The number of fused-ring (bicyclic) bond motifs is 7. The zero-order chi connectivity index (χ0) is 34.6. The van der Waals surface area contributed by atoms with Crippen molar-refractivity contribution in [3.63, 3.8) is 0 Å². The zero-order valence-corrected chi connectivity index (χ0v) is 30.1. The number of aromatic nitrogens is 2. The number of allylic oxidation sites excluding steroid dienone is 4. The lowest BCUT2D eigenvalue weighted by molar-refractivity contribution is -0.161. The van der Waals surface area contributed by atoms with Crippen LogP contribution in [-0.4, -0.2) is 32.7 Å². The second-order valence-corrected chi connectivity index (χ2v) is 18.5. The van der Waals surface area contributed by atoms with Gasteiger partial charge in [-0.15, -0.1) is 0 Å². The van der Waals surface area contributed by atoms with Crippen LogP contribution in [0, 0.1) is 56.2 Å². The van der Waals surface area contributed by atoms with Crippen molar-refractivity contribution in [1.82, 2.24) is 15.5 Å². The van der Waals surface area contributed by atoms with Crippen LogP contribution in [0.15, 0.2) is 27.5 Å². The van der Waals surface area contributed by atoms with Crippen molar-refractivity contribution in [2.24, 2.45) is 44.8 Å². The van der Waals surface area contributed by atoms with E-state index < -0.39 is 27.9 Å². The molecule has 47 heavy (non-hydrogen) atoms. The predicted octanol–water partition coefficient (Wildman–Crippen LogP) is 8.27. The van der Waals surface area contributed by atoms with E-state index in [4.69, 9.17) is 14.2 Å². The van der Waals surface area contributed by atoms with E-state index >= 15 is 0 Å². The lowest BCUT2D eigenvalue weighted by Gasteiger charge is -2.69. The molecule has 0 saturated heterocycles. The molecule has 5 aliphatic rings. The Labute approximate surface area is 280 Å². The number of amides is 1. The number of aliphatic hydroxyl groups excluding tert-OH is 1. The van der Waals surface area contributed by atoms with Crippen LogP contribution in [0.1, 0.15) is 132 Å². The standard InChI is InChI=1S/C38H54N4O5/c1-32(2,3)46-31(45)40-21-27-41-30(42-47-27)38-15-13-33(4,5)19-23(38)28-24(43)17-26-35(8)18-22(20-39)29(44)34(6,7)25(35)11-12-36(26,9)37(28,10)14-16-38/h17,23,25,28,44H,11-16,18-19,21H2,1-10H3,(H,40,45)/t23-,25-,28-,35-,36+,37+,38-/m0/s1. The molecular formula is C38H54N4O5. The maximum absolute atomic E-state index is 14.8. The second-order valence-electron chi connectivity index (χ2n) is 18.5. The van der Waals surface area contributed by atoms with Gasteiger partial charge in [0.1, 0.15) is 17.9 Å². The molecule has 0 unspecified atom stereocenters. The third-order valence-corrected chi connectivity index (χ3v) is 13.8. The van der Waals surface area contributed by atoms with E-state index in [9.17, 15) is 20.0 Å². The predicted molar refractivity (Wildman–Crippen MR) is 177 cm³/mol. The quantitative estimate of drug-likeness (QED) is 0.335. The Morgan fingerprint density at radius 3 is 2.45 bits per heavy atom. The van der Waals surface area contributed by atoms with Gasteiger partial charge in [-0.25, -0.2) is 4.79 Å². The van der Waals surface area contributed by atoms with E-state index in [0.29, 0.717) is 23.7 Å². The topological polar surface area (TPSA) is 138 Å². The minimum Gasteiger partial charge on any atom is -0.511 e. The van der Waals surface area contributed by atoms with E-state index in [-0.39, 0.29) is 52.1 Å². The van der Waals surface area contributed by atoms with Gasteiger partial charge in [-0.2, -0.15) is 10.2 Å². The summed E-state index contributed by atoms with van der Waals surface area (Å²) >= 11 is 0. The molecule has 6 rings (SSSR count). The average molecular weight is 647 g/mol. The number of rotatable bonds is 3. The van der Waals surface area contributed by atoms with E-state index in [1.54, 1.807) is 0 Å². The number of ketones is 1. The summed E-state index contributed by atoms with van der Waals surface area (Å²) < 4.78 is 11.1. The van der Waals surface area contributed by atoms with Crippen molar-refractivity contribution in [2.75, 3.05) is 0 Å². The van der Waals surface area contributed by atoms with Crippen LogP contribution in [0.25, 0.3) is 0 Å². The number of nitrogens with one attached hydrogen (secondary N) is 1. The molecule has 5 aliphatic carbocycles. The molecule has 1 aromatic heterocycles. The second kappa shape index (κ2) is 10.4. The molecule has 0 aromatic carbocycles. The maximum atomic E-state index is 14.8. The number of alkyl carbamates (subject to hydrolysis) is 1. The lowest BCUT2D eigenvalue weighted by atomic mass is 9.34. The van der Waals surface area contributed by atoms with Gasteiger partial charge in [0.15, 0.2) is 11.6 Å². The minimum atomic E-state index is -0.613. The lowest BCUT2D eigenvalue weighted by Crippen LogP contribution is -2.65. The van der Waals surface area contributed by atoms with Gasteiger partial charge < -0.3 is 19.7 Å². The van der Waals surface area contributed by atoms with E-state index in [1.807, 2.05) is 26.8 Å². The van der Waals surface area contributed by atoms with Gasteiger partial charge in [0.25, 0.3) is 0 Å². The number of ether oxygens (including phenoxy) is 1. The summed E-state index contributed by atoms with van der Waals surface area (Å²) in [6.07, 6.45) is 8.23. The van der Waals surface area contributed by atoms with Crippen molar-refractivity contribution in [1.29, 1.82) is 5.26 Å². The third kappa shape index (κ3) is 4.90. The Morgan fingerprint density at radius 2 is 1.79 bits per heavy atom. The highest BCUT2D eigenvalue weighted by molar-refractivity contribution is 5.95. The summed E-state index contributed by atoms with van der Waals surface area (Å²) in [4.78, 5) is 32.0. The Morgan fingerprint density at radius 1 is 1.11 bits per heavy atom. The maximum Gasteiger partial charge on any atom is 0.408 e. The molecule has 1 heterocycles. The molecule has 0 spiro atoms. The monoisotopic (exact) mass is 646 g/mol. The summed E-state index contributed by atoms with van der Waals surface area (Å²) in [5.41, 5.74) is -0.822. The van der Waals surface area contributed by atoms with Gasteiger partial charge in [0, 0.05) is 16.7 Å². The molecule has 2 N–H and O–H groups in total. The van der Waals surface area contributed by atoms with E-state index in [2.05, 4.69) is 65.0 Å². The highest BCUT2D eigenvalue weighted by Gasteiger charge is 2.70. The Hall–Kier alpha value is -3.15. The molecule has 3 saturated carbocycles. The number of carbonyl (C=O) groups excluding carboxylic acids is 2. The number of hydrogen-bond donors (Lipinski definition) is 2. The molecule has 7 atom stereocenters. The van der Waals surface area contributed by atoms with Gasteiger partial charge in [-0.3, -0.25) is 4.79 Å². The van der Waals surface area contributed by atoms with Crippen LogP contribution < -0.4 is 5.32 Å². The summed E-state index contributed by atoms with van der Waals surface area (Å²) in [5, 5.41) is 28.5. The van der Waals surface area contributed by atoms with Crippen LogP contribution >= 0.6 is 0 Å². The van der Waals surface area contributed by atoms with Crippen LogP contribution in [0.3, 0.4) is 0 Å². The number of carbonyl (C=O) groups is 2. The highest BCUT2D eigenvalue weighted by atomic mass is 16.6. The van der Waals surface area contributed by atoms with Gasteiger partial charge in [0.2, 0.25) is 5.89 Å². The number of aliphatic hydroxyl groups is 1. The van der Waals surface area contributed by atoms with Crippen LogP contribution in [0.5, 0.6) is 0 Å². The van der Waals surface area contributed by atoms with E-state index in [1.165, 1.54) is 5.57 Å². The molecular weight excluding hydrogens is 592 g/mol. The Balaban J connectivity index is 1.39. The Bertz CT molecular complexity index is 1610. The number of nitriles is 1. The fourth-order valence-corrected chi connectivity index (χ4v) is 11.3. The van der Waals surface area contributed by atoms with Crippen molar-refractivity contribution in [3.8, 4) is 6.07 Å². The first-order valence-electron chi connectivity index (χ1n) is 17.5. The van der Waals surface area contributed by atoms with Crippen molar-refractivity contribution < 1.29 is 24.0 Å². The molecule has 256 valence electrons. The van der Waals surface area contributed by atoms with Gasteiger partial charge in [-0.05, 0) is 112 Å². The average Bonchev–Trinajstić information content (AvgIpc) is 3.44. The first kappa shape index (κ1) is 33.7. The molecule has 3 fully saturated rings. The van der Waals surface area contributed by atoms with Gasteiger partial charge in [-0.1, -0.05) is 59.2 Å². The first-order valence-corrected chi connectivity index (χ1v) is 17.5. The van der Waals surface area contributed by atoms with Crippen LogP contribution in [0.2, 0.25) is 0 Å². The molecule has 9 nitrogen and oxygen atoms in total. The summed E-state index contributed by atoms with van der Waals surface area (Å²) in [6, 6.07) is 2.31. The fourth-order valence-electron chi connectivity index (χ4n) is 11.3. The van der Waals surface area contributed by atoms with Crippen LogP contribution in [0.4, 0.5) is 4.79 Å². The smallest absolute Gasteiger partial charge is 0.408 e. The number of nitrogens with zero attached hydrogens (tertiary/aromatic N) is 3. The molecule has 0 radical (unpaired) electrons. The first-order chi connectivity index (χ1) is 21.6. The van der Waals surface area contributed by atoms with E-state index in [0.717, 1.165) is 44.9 Å². The largest absolute Gasteiger partial charge is 0.511 e. The third-order valence-electron chi connectivity index (χ3n) is 13.8. The SMILES string of the molecule is CC1(C)CC[C@]2(c3noc(CNC(=O)OC(C)(C)C)n3)CC[C@]3(C)[C@H](C(=O)C=C4[C@@]5(C)CC(C#N)=C(O)C(C)(C)[C@@H]5CC[C@]43C)[C@@H]2C1. The molecule has 9 heteroatoms. The summed E-state index contributed by atoms with van der Waals surface area (Å²) in [7, 11) is 0. The fraction of sp³-hybridized carbons (Fsp3) is 0.763. The molecule has 0 bridgehead atoms. The Kier molecular flexibility index (Phi) is 7.48. The van der Waals surface area contributed by atoms with Gasteiger partial charge >= 0.3 is 6.09 Å².